The Morgan fingerprint density at radius 2 is 2.30 bits per heavy atom. The Balaban J connectivity index is 3.55. The van der Waals surface area contributed by atoms with Crippen molar-refractivity contribution >= 4 is 5.91 Å². The van der Waals surface area contributed by atoms with Crippen molar-refractivity contribution in [3.8, 4) is 0 Å². The van der Waals surface area contributed by atoms with E-state index in [0.29, 0.717) is 0 Å². The van der Waals surface area contributed by atoms with E-state index in [4.69, 9.17) is 10.2 Å². The summed E-state index contributed by atoms with van der Waals surface area (Å²) in [6, 6.07) is 0. The van der Waals surface area contributed by atoms with Crippen LogP contribution in [0.3, 0.4) is 0 Å². The van der Waals surface area contributed by atoms with Crippen LogP contribution in [0.2, 0.25) is 0 Å². The van der Waals surface area contributed by atoms with Gasteiger partial charge in [0.25, 0.3) is 0 Å². The first kappa shape index (κ1) is 9.13. The van der Waals surface area contributed by atoms with Crippen molar-refractivity contribution in [3.63, 3.8) is 0 Å². The van der Waals surface area contributed by atoms with Gasteiger partial charge in [-0.1, -0.05) is 6.58 Å². The van der Waals surface area contributed by atoms with Gasteiger partial charge in [-0.2, -0.15) is 0 Å². The molecular weight excluding hydrogens is 134 g/mol. The molecule has 4 nitrogen and oxygen atoms in total. The Labute approximate surface area is 59.2 Å². The topological polar surface area (TPSA) is 69.6 Å². The zero-order valence-electron chi connectivity index (χ0n) is 5.79. The van der Waals surface area contributed by atoms with E-state index in [9.17, 15) is 4.79 Å². The SMILES string of the molecule is C=CC(=O)NCC(C)(O)O. The third-order valence-corrected chi connectivity index (χ3v) is 0.783. The molecule has 0 saturated heterocycles. The molecule has 0 unspecified atom stereocenters. The summed E-state index contributed by atoms with van der Waals surface area (Å²) in [5.74, 6) is -2.27. The standard InChI is InChI=1S/C6H11NO3/c1-3-5(8)7-4-6(2,9)10/h3,9-10H,1,4H2,2H3,(H,7,8). The van der Waals surface area contributed by atoms with Gasteiger partial charge < -0.3 is 15.5 Å². The Morgan fingerprint density at radius 3 is 2.60 bits per heavy atom. The minimum absolute atomic E-state index is 0.197. The maximum atomic E-state index is 10.4. The second kappa shape index (κ2) is 3.34. The third kappa shape index (κ3) is 5.27. The van der Waals surface area contributed by atoms with Gasteiger partial charge >= 0.3 is 0 Å². The van der Waals surface area contributed by atoms with Crippen LogP contribution in [0.1, 0.15) is 6.92 Å². The minimum Gasteiger partial charge on any atom is -0.364 e. The molecule has 10 heavy (non-hydrogen) atoms. The van der Waals surface area contributed by atoms with Gasteiger partial charge in [-0.15, -0.1) is 0 Å². The van der Waals surface area contributed by atoms with E-state index in [1.165, 1.54) is 6.92 Å². The maximum Gasteiger partial charge on any atom is 0.243 e. The monoisotopic (exact) mass is 145 g/mol. The van der Waals surface area contributed by atoms with Crippen molar-refractivity contribution in [1.29, 1.82) is 0 Å². The highest BCUT2D eigenvalue weighted by Gasteiger charge is 2.14. The molecule has 0 saturated carbocycles. The number of aliphatic hydroxyl groups is 2. The van der Waals surface area contributed by atoms with Crippen LogP contribution < -0.4 is 5.32 Å². The van der Waals surface area contributed by atoms with Crippen LogP contribution in [0.5, 0.6) is 0 Å². The lowest BCUT2D eigenvalue weighted by molar-refractivity contribution is -0.146. The van der Waals surface area contributed by atoms with Gasteiger partial charge in [0, 0.05) is 0 Å². The zero-order valence-corrected chi connectivity index (χ0v) is 5.79. The van der Waals surface area contributed by atoms with Crippen molar-refractivity contribution in [2.24, 2.45) is 0 Å². The minimum atomic E-state index is -1.85. The number of carbonyl (C=O) groups excluding carboxylic acids is 1. The normalized spacial score (nSPS) is 10.7. The Morgan fingerprint density at radius 1 is 1.80 bits per heavy atom. The smallest absolute Gasteiger partial charge is 0.243 e. The number of hydrogen-bond acceptors (Lipinski definition) is 3. The molecule has 0 aromatic carbocycles. The number of amides is 1. The maximum absolute atomic E-state index is 10.4. The van der Waals surface area contributed by atoms with Gasteiger partial charge in [0.2, 0.25) is 5.91 Å². The van der Waals surface area contributed by atoms with E-state index >= 15 is 0 Å². The molecule has 0 aliphatic heterocycles. The molecule has 0 aliphatic carbocycles. The summed E-state index contributed by atoms with van der Waals surface area (Å²) in [6.07, 6.45) is 1.06. The highest BCUT2D eigenvalue weighted by atomic mass is 16.5. The Hall–Kier alpha value is -0.870. The average molecular weight is 145 g/mol. The Kier molecular flexibility index (Phi) is 3.05. The van der Waals surface area contributed by atoms with Crippen molar-refractivity contribution < 1.29 is 15.0 Å². The number of hydrogen-bond donors (Lipinski definition) is 3. The van der Waals surface area contributed by atoms with Crippen molar-refractivity contribution in [2.45, 2.75) is 12.7 Å². The molecule has 58 valence electrons. The van der Waals surface area contributed by atoms with E-state index in [1.54, 1.807) is 0 Å². The van der Waals surface area contributed by atoms with Crippen LogP contribution in [0.25, 0.3) is 0 Å². The molecule has 0 heterocycles. The van der Waals surface area contributed by atoms with E-state index in [-0.39, 0.29) is 6.54 Å². The van der Waals surface area contributed by atoms with Gasteiger partial charge in [0.1, 0.15) is 0 Å². The highest BCUT2D eigenvalue weighted by molar-refractivity contribution is 5.86. The predicted molar refractivity (Wildman–Crippen MR) is 36.0 cm³/mol. The van der Waals surface area contributed by atoms with E-state index in [0.717, 1.165) is 6.08 Å². The van der Waals surface area contributed by atoms with Crippen molar-refractivity contribution in [3.05, 3.63) is 12.7 Å². The van der Waals surface area contributed by atoms with Crippen LogP contribution in [0, 0.1) is 0 Å². The fourth-order valence-corrected chi connectivity index (χ4v) is 0.327. The lowest BCUT2D eigenvalue weighted by atomic mass is 10.3. The van der Waals surface area contributed by atoms with Crippen LogP contribution in [-0.4, -0.2) is 28.5 Å². The molecule has 0 fully saturated rings. The molecule has 0 atom stereocenters. The first-order valence-corrected chi connectivity index (χ1v) is 2.81. The Bertz CT molecular complexity index is 136. The fraction of sp³-hybridized carbons (Fsp3) is 0.500. The predicted octanol–water partition coefficient (Wildman–Crippen LogP) is -1.01. The summed E-state index contributed by atoms with van der Waals surface area (Å²) in [7, 11) is 0. The molecule has 0 radical (unpaired) electrons. The summed E-state index contributed by atoms with van der Waals surface area (Å²) in [5, 5.41) is 19.6. The van der Waals surface area contributed by atoms with Crippen LogP contribution in [0.15, 0.2) is 12.7 Å². The number of carbonyl (C=O) groups is 1. The first-order valence-electron chi connectivity index (χ1n) is 2.81. The fourth-order valence-electron chi connectivity index (χ4n) is 0.327. The van der Waals surface area contributed by atoms with E-state index in [1.807, 2.05) is 0 Å². The van der Waals surface area contributed by atoms with E-state index < -0.39 is 11.7 Å². The van der Waals surface area contributed by atoms with Crippen LogP contribution in [-0.2, 0) is 4.79 Å². The third-order valence-electron chi connectivity index (χ3n) is 0.783. The summed E-state index contributed by atoms with van der Waals surface area (Å²) < 4.78 is 0. The lowest BCUT2D eigenvalue weighted by Gasteiger charge is -2.14. The highest BCUT2D eigenvalue weighted by Crippen LogP contribution is 1.91. The number of rotatable bonds is 3. The largest absolute Gasteiger partial charge is 0.364 e. The number of nitrogens with one attached hydrogen (secondary N) is 1. The zero-order chi connectivity index (χ0) is 8.20. The summed E-state index contributed by atoms with van der Waals surface area (Å²) >= 11 is 0. The molecule has 3 N–H and O–H groups in total. The van der Waals surface area contributed by atoms with Gasteiger partial charge in [-0.25, -0.2) is 0 Å². The molecule has 1 amide bonds. The molecule has 0 bridgehead atoms. The summed E-state index contributed by atoms with van der Waals surface area (Å²) in [5.41, 5.74) is 0. The molecule has 0 spiro atoms. The molecule has 0 aromatic heterocycles. The second-order valence-electron chi connectivity index (χ2n) is 2.14. The van der Waals surface area contributed by atoms with Crippen molar-refractivity contribution in [2.75, 3.05) is 6.54 Å². The molecule has 0 aromatic rings. The second-order valence-corrected chi connectivity index (χ2v) is 2.14. The van der Waals surface area contributed by atoms with Gasteiger partial charge in [-0.3, -0.25) is 4.79 Å². The quantitative estimate of drug-likeness (QED) is 0.352. The molecule has 0 aliphatic rings. The van der Waals surface area contributed by atoms with Gasteiger partial charge in [0.05, 0.1) is 6.54 Å². The van der Waals surface area contributed by atoms with Crippen LogP contribution >= 0.6 is 0 Å². The lowest BCUT2D eigenvalue weighted by Crippen LogP contribution is -2.39. The van der Waals surface area contributed by atoms with Crippen LogP contribution in [0.4, 0.5) is 0 Å². The average Bonchev–Trinajstić information content (AvgIpc) is 1.81. The molecule has 4 heteroatoms. The first-order chi connectivity index (χ1) is 4.45. The molecule has 0 rings (SSSR count). The summed E-state index contributed by atoms with van der Waals surface area (Å²) in [6.45, 7) is 4.17. The van der Waals surface area contributed by atoms with E-state index in [2.05, 4.69) is 11.9 Å². The van der Waals surface area contributed by atoms with Gasteiger partial charge in [-0.05, 0) is 13.0 Å². The van der Waals surface area contributed by atoms with Gasteiger partial charge in [0.15, 0.2) is 5.79 Å². The van der Waals surface area contributed by atoms with Crippen molar-refractivity contribution in [1.82, 2.24) is 5.32 Å². The summed E-state index contributed by atoms with van der Waals surface area (Å²) in [4.78, 5) is 10.4. The molecular formula is C6H11NO3.